The number of aryl methyl sites for hydroxylation is 2. The zero-order chi connectivity index (χ0) is 10.8. The van der Waals surface area contributed by atoms with Crippen molar-refractivity contribution in [1.29, 1.82) is 0 Å². The van der Waals surface area contributed by atoms with Crippen molar-refractivity contribution in [2.75, 3.05) is 19.6 Å². The Hall–Kier alpha value is -0.870. The molecule has 0 unspecified atom stereocenters. The summed E-state index contributed by atoms with van der Waals surface area (Å²) >= 11 is 0. The van der Waals surface area contributed by atoms with Crippen molar-refractivity contribution in [2.24, 2.45) is 0 Å². The van der Waals surface area contributed by atoms with Crippen molar-refractivity contribution in [3.8, 4) is 0 Å². The molecular weight excluding hydrogens is 188 g/mol. The van der Waals surface area contributed by atoms with Crippen LogP contribution in [0.25, 0.3) is 0 Å². The molecule has 0 spiro atoms. The van der Waals surface area contributed by atoms with Gasteiger partial charge in [-0.1, -0.05) is 0 Å². The highest BCUT2D eigenvalue weighted by Gasteiger charge is 2.17. The van der Waals surface area contributed by atoms with Crippen LogP contribution in [0.2, 0.25) is 0 Å². The summed E-state index contributed by atoms with van der Waals surface area (Å²) in [5.41, 5.74) is 3.71. The van der Waals surface area contributed by atoms with Crippen LogP contribution in [0.4, 0.5) is 0 Å². The minimum absolute atomic E-state index is 0.603. The van der Waals surface area contributed by atoms with Gasteiger partial charge in [0.05, 0.1) is 5.69 Å². The fourth-order valence-electron chi connectivity index (χ4n) is 2.19. The lowest BCUT2D eigenvalue weighted by atomic mass is 10.1. The van der Waals surface area contributed by atoms with E-state index in [9.17, 15) is 0 Å². The molecule has 0 aliphatic carbocycles. The molecule has 1 atom stereocenters. The van der Waals surface area contributed by atoms with E-state index in [4.69, 9.17) is 0 Å². The monoisotopic (exact) mass is 208 g/mol. The van der Waals surface area contributed by atoms with Gasteiger partial charge < -0.3 is 5.32 Å². The summed E-state index contributed by atoms with van der Waals surface area (Å²) < 4.78 is 0. The van der Waals surface area contributed by atoms with Gasteiger partial charge in [0.2, 0.25) is 0 Å². The Bertz CT molecular complexity index is 312. The second-order valence-electron chi connectivity index (χ2n) is 4.50. The largest absolute Gasteiger partial charge is 0.312 e. The highest BCUT2D eigenvalue weighted by molar-refractivity contribution is 5.22. The Balaban J connectivity index is 2.02. The lowest BCUT2D eigenvalue weighted by Crippen LogP contribution is -2.48. The van der Waals surface area contributed by atoms with Gasteiger partial charge in [0.15, 0.2) is 0 Å². The predicted molar refractivity (Wildman–Crippen MR) is 60.8 cm³/mol. The van der Waals surface area contributed by atoms with Gasteiger partial charge in [-0.25, -0.2) is 0 Å². The molecule has 0 saturated carbocycles. The summed E-state index contributed by atoms with van der Waals surface area (Å²) in [4.78, 5) is 2.49. The predicted octanol–water partition coefficient (Wildman–Crippen LogP) is 0.820. The van der Waals surface area contributed by atoms with Gasteiger partial charge in [-0.2, -0.15) is 5.10 Å². The molecule has 1 saturated heterocycles. The van der Waals surface area contributed by atoms with E-state index in [2.05, 4.69) is 41.2 Å². The fraction of sp³-hybridized carbons (Fsp3) is 0.727. The first-order valence-electron chi connectivity index (χ1n) is 5.63. The van der Waals surface area contributed by atoms with E-state index in [1.165, 1.54) is 11.3 Å². The van der Waals surface area contributed by atoms with E-state index in [1.807, 2.05) is 0 Å². The number of nitrogens with zero attached hydrogens (tertiary/aromatic N) is 2. The molecule has 2 rings (SSSR count). The average Bonchev–Trinajstić information content (AvgIpc) is 2.50. The summed E-state index contributed by atoms with van der Waals surface area (Å²) in [7, 11) is 0. The summed E-state index contributed by atoms with van der Waals surface area (Å²) in [6, 6.07) is 0.603. The Kier molecular flexibility index (Phi) is 3.07. The molecule has 1 fully saturated rings. The molecule has 2 heterocycles. The highest BCUT2D eigenvalue weighted by atomic mass is 15.2. The second-order valence-corrected chi connectivity index (χ2v) is 4.50. The van der Waals surface area contributed by atoms with Crippen LogP contribution in [-0.4, -0.2) is 40.8 Å². The number of nitrogens with one attached hydrogen (secondary N) is 2. The van der Waals surface area contributed by atoms with Gasteiger partial charge in [0.1, 0.15) is 0 Å². The highest BCUT2D eigenvalue weighted by Crippen LogP contribution is 2.13. The van der Waals surface area contributed by atoms with Gasteiger partial charge in [0, 0.05) is 43.5 Å². The quantitative estimate of drug-likeness (QED) is 0.756. The van der Waals surface area contributed by atoms with E-state index in [0.29, 0.717) is 6.04 Å². The number of aromatic nitrogens is 2. The first-order chi connectivity index (χ1) is 7.16. The van der Waals surface area contributed by atoms with Gasteiger partial charge in [-0.3, -0.25) is 10.00 Å². The molecule has 1 aromatic heterocycles. The van der Waals surface area contributed by atoms with Crippen LogP contribution < -0.4 is 5.32 Å². The van der Waals surface area contributed by atoms with Crippen LogP contribution in [0.3, 0.4) is 0 Å². The van der Waals surface area contributed by atoms with Crippen LogP contribution in [0.15, 0.2) is 0 Å². The Labute approximate surface area is 91.1 Å². The maximum atomic E-state index is 4.23. The lowest BCUT2D eigenvalue weighted by molar-refractivity contribution is 0.199. The van der Waals surface area contributed by atoms with Crippen molar-refractivity contribution < 1.29 is 0 Å². The first kappa shape index (κ1) is 10.6. The number of hydrogen-bond donors (Lipinski definition) is 2. The number of piperazine rings is 1. The van der Waals surface area contributed by atoms with Gasteiger partial charge >= 0.3 is 0 Å². The fourth-order valence-corrected chi connectivity index (χ4v) is 2.19. The summed E-state index contributed by atoms with van der Waals surface area (Å²) in [6.07, 6.45) is 0. The third-order valence-corrected chi connectivity index (χ3v) is 3.12. The van der Waals surface area contributed by atoms with Crippen molar-refractivity contribution in [1.82, 2.24) is 20.4 Å². The maximum Gasteiger partial charge on any atom is 0.0639 e. The van der Waals surface area contributed by atoms with Crippen molar-refractivity contribution >= 4 is 0 Å². The van der Waals surface area contributed by atoms with E-state index >= 15 is 0 Å². The Morgan fingerprint density at radius 1 is 1.47 bits per heavy atom. The molecular formula is C11H20N4. The molecule has 1 aliphatic rings. The molecule has 1 aromatic rings. The molecule has 1 aliphatic heterocycles. The number of rotatable bonds is 2. The van der Waals surface area contributed by atoms with Crippen LogP contribution >= 0.6 is 0 Å². The normalized spacial score (nSPS) is 23.3. The zero-order valence-corrected chi connectivity index (χ0v) is 9.80. The van der Waals surface area contributed by atoms with Gasteiger partial charge in [0.25, 0.3) is 0 Å². The molecule has 15 heavy (non-hydrogen) atoms. The second kappa shape index (κ2) is 4.33. The van der Waals surface area contributed by atoms with Crippen molar-refractivity contribution in [2.45, 2.75) is 33.4 Å². The van der Waals surface area contributed by atoms with Gasteiger partial charge in [-0.15, -0.1) is 0 Å². The third-order valence-electron chi connectivity index (χ3n) is 3.12. The molecule has 0 amide bonds. The van der Waals surface area contributed by atoms with E-state index < -0.39 is 0 Å². The summed E-state index contributed by atoms with van der Waals surface area (Å²) in [6.45, 7) is 10.8. The van der Waals surface area contributed by atoms with Crippen LogP contribution in [0.5, 0.6) is 0 Å². The molecule has 0 aromatic carbocycles. The van der Waals surface area contributed by atoms with E-state index in [0.717, 1.165) is 31.9 Å². The standard InChI is InChI=1S/C11H20N4/c1-8-6-15(5-4-12-8)7-11-9(2)13-14-10(11)3/h8,12H,4-7H2,1-3H3,(H,13,14)/t8-/m0/s1. The van der Waals surface area contributed by atoms with Crippen molar-refractivity contribution in [3.05, 3.63) is 17.0 Å². The van der Waals surface area contributed by atoms with Crippen LogP contribution in [0, 0.1) is 13.8 Å². The molecule has 2 N–H and O–H groups in total. The lowest BCUT2D eigenvalue weighted by Gasteiger charge is -2.31. The first-order valence-corrected chi connectivity index (χ1v) is 5.63. The smallest absolute Gasteiger partial charge is 0.0639 e. The molecule has 0 radical (unpaired) electrons. The molecule has 0 bridgehead atoms. The summed E-state index contributed by atoms with van der Waals surface area (Å²) in [5.74, 6) is 0. The van der Waals surface area contributed by atoms with Crippen LogP contribution in [-0.2, 0) is 6.54 Å². The minimum Gasteiger partial charge on any atom is -0.312 e. The molecule has 4 nitrogen and oxygen atoms in total. The Morgan fingerprint density at radius 2 is 2.27 bits per heavy atom. The van der Waals surface area contributed by atoms with Gasteiger partial charge in [-0.05, 0) is 20.8 Å². The third kappa shape index (κ3) is 2.38. The van der Waals surface area contributed by atoms with Crippen LogP contribution in [0.1, 0.15) is 23.9 Å². The maximum absolute atomic E-state index is 4.23. The minimum atomic E-state index is 0.603. The average molecular weight is 208 g/mol. The summed E-state index contributed by atoms with van der Waals surface area (Å²) in [5, 5.41) is 10.7. The zero-order valence-electron chi connectivity index (χ0n) is 9.80. The Morgan fingerprint density at radius 3 is 2.87 bits per heavy atom. The van der Waals surface area contributed by atoms with E-state index in [-0.39, 0.29) is 0 Å². The number of aromatic amines is 1. The number of hydrogen-bond acceptors (Lipinski definition) is 3. The molecule has 84 valence electrons. The number of H-pyrrole nitrogens is 1. The molecule has 4 heteroatoms. The van der Waals surface area contributed by atoms with Crippen molar-refractivity contribution in [3.63, 3.8) is 0 Å². The topological polar surface area (TPSA) is 44.0 Å². The van der Waals surface area contributed by atoms with E-state index in [1.54, 1.807) is 0 Å². The SMILES string of the molecule is Cc1n[nH]c(C)c1CN1CCN[C@@H](C)C1.